The molecule has 5 heteroatoms. The van der Waals surface area contributed by atoms with Gasteiger partial charge in [-0.15, -0.1) is 0 Å². The number of hydrogen-bond acceptors (Lipinski definition) is 4. The number of carbonyl (C=O) groups excluding carboxylic acids is 1. The van der Waals surface area contributed by atoms with Gasteiger partial charge in [0.15, 0.2) is 0 Å². The molecule has 3 rings (SSSR count). The molecule has 1 saturated heterocycles. The molecule has 0 bridgehead atoms. The van der Waals surface area contributed by atoms with Crippen molar-refractivity contribution in [2.45, 2.75) is 32.6 Å². The molecule has 1 aliphatic rings. The van der Waals surface area contributed by atoms with E-state index in [-0.39, 0.29) is 11.8 Å². The summed E-state index contributed by atoms with van der Waals surface area (Å²) >= 11 is 0. The Kier molecular flexibility index (Phi) is 3.57. The minimum Gasteiger partial charge on any atom is -0.442 e. The molecule has 1 amide bonds. The first-order valence-corrected chi connectivity index (χ1v) is 7.52. The standard InChI is InChI=1S/C16H21N3O2/c1-10(2)14-13(15(20)17-3)11-6-7-12(18-16(11)21-14)19-8-4-5-9-19/h6-7,10H,4-5,8-9H2,1-3H3,(H,17,20). The zero-order chi connectivity index (χ0) is 15.0. The quantitative estimate of drug-likeness (QED) is 0.943. The summed E-state index contributed by atoms with van der Waals surface area (Å²) in [5.74, 6) is 1.66. The molecule has 0 unspecified atom stereocenters. The molecule has 0 saturated carbocycles. The first-order chi connectivity index (χ1) is 10.1. The molecule has 1 aliphatic heterocycles. The van der Waals surface area contributed by atoms with Crippen LogP contribution in [0, 0.1) is 0 Å². The summed E-state index contributed by atoms with van der Waals surface area (Å²) in [6.07, 6.45) is 2.41. The van der Waals surface area contributed by atoms with Crippen molar-refractivity contribution in [1.29, 1.82) is 0 Å². The molecule has 0 spiro atoms. The van der Waals surface area contributed by atoms with Crippen LogP contribution in [-0.2, 0) is 0 Å². The van der Waals surface area contributed by atoms with E-state index in [1.807, 2.05) is 26.0 Å². The normalized spacial score (nSPS) is 15.1. The van der Waals surface area contributed by atoms with E-state index in [2.05, 4.69) is 15.2 Å². The number of carbonyl (C=O) groups is 1. The Morgan fingerprint density at radius 3 is 2.67 bits per heavy atom. The summed E-state index contributed by atoms with van der Waals surface area (Å²) < 4.78 is 5.89. The molecule has 5 nitrogen and oxygen atoms in total. The lowest BCUT2D eigenvalue weighted by atomic mass is 10.0. The molecule has 0 radical (unpaired) electrons. The molecule has 0 atom stereocenters. The third-order valence-corrected chi connectivity index (χ3v) is 3.98. The average Bonchev–Trinajstić information content (AvgIpc) is 3.12. The molecule has 112 valence electrons. The van der Waals surface area contributed by atoms with E-state index in [9.17, 15) is 4.79 Å². The number of fused-ring (bicyclic) bond motifs is 1. The van der Waals surface area contributed by atoms with Gasteiger partial charge in [0.2, 0.25) is 5.71 Å². The molecule has 2 aromatic heterocycles. The zero-order valence-electron chi connectivity index (χ0n) is 12.8. The summed E-state index contributed by atoms with van der Waals surface area (Å²) in [6, 6.07) is 3.94. The predicted octanol–water partition coefficient (Wildman–Crippen LogP) is 2.91. The van der Waals surface area contributed by atoms with Gasteiger partial charge in [-0.25, -0.2) is 0 Å². The van der Waals surface area contributed by atoms with Crippen LogP contribution in [-0.4, -0.2) is 31.0 Å². The summed E-state index contributed by atoms with van der Waals surface area (Å²) in [5.41, 5.74) is 1.17. The highest BCUT2D eigenvalue weighted by Gasteiger charge is 2.24. The molecular formula is C16H21N3O2. The lowest BCUT2D eigenvalue weighted by molar-refractivity contribution is 0.0962. The van der Waals surface area contributed by atoms with Crippen molar-refractivity contribution in [1.82, 2.24) is 10.3 Å². The number of amides is 1. The lowest BCUT2D eigenvalue weighted by Gasteiger charge is -2.15. The van der Waals surface area contributed by atoms with Crippen molar-refractivity contribution in [3.63, 3.8) is 0 Å². The number of aromatic nitrogens is 1. The van der Waals surface area contributed by atoms with E-state index >= 15 is 0 Å². The first-order valence-electron chi connectivity index (χ1n) is 7.52. The Bertz CT molecular complexity index is 669. The van der Waals surface area contributed by atoms with Gasteiger partial charge in [-0.3, -0.25) is 4.79 Å². The van der Waals surface area contributed by atoms with Crippen molar-refractivity contribution in [3.05, 3.63) is 23.5 Å². The maximum absolute atomic E-state index is 12.1. The Morgan fingerprint density at radius 1 is 1.33 bits per heavy atom. The molecule has 2 aromatic rings. The van der Waals surface area contributed by atoms with Crippen LogP contribution in [0.1, 0.15) is 48.7 Å². The molecular weight excluding hydrogens is 266 g/mol. The summed E-state index contributed by atoms with van der Waals surface area (Å²) in [6.45, 7) is 6.12. The van der Waals surface area contributed by atoms with Crippen LogP contribution >= 0.6 is 0 Å². The van der Waals surface area contributed by atoms with Crippen LogP contribution in [0.4, 0.5) is 5.82 Å². The number of nitrogens with zero attached hydrogens (tertiary/aromatic N) is 2. The highest BCUT2D eigenvalue weighted by atomic mass is 16.3. The maximum atomic E-state index is 12.1. The molecule has 0 aromatic carbocycles. The Labute approximate surface area is 124 Å². The number of anilines is 1. The van der Waals surface area contributed by atoms with Gasteiger partial charge in [0.05, 0.1) is 10.9 Å². The molecule has 1 N–H and O–H groups in total. The van der Waals surface area contributed by atoms with Gasteiger partial charge < -0.3 is 14.6 Å². The third kappa shape index (κ3) is 2.37. The van der Waals surface area contributed by atoms with Gasteiger partial charge in [-0.05, 0) is 25.0 Å². The van der Waals surface area contributed by atoms with Crippen LogP contribution in [0.2, 0.25) is 0 Å². The predicted molar refractivity (Wildman–Crippen MR) is 82.9 cm³/mol. The number of hydrogen-bond donors (Lipinski definition) is 1. The lowest BCUT2D eigenvalue weighted by Crippen LogP contribution is -2.19. The molecule has 0 aliphatic carbocycles. The molecule has 3 heterocycles. The fourth-order valence-electron chi connectivity index (χ4n) is 2.87. The van der Waals surface area contributed by atoms with Gasteiger partial charge in [0.25, 0.3) is 5.91 Å². The van der Waals surface area contributed by atoms with Crippen LogP contribution in [0.25, 0.3) is 11.1 Å². The number of furan rings is 1. The first kappa shape index (κ1) is 13.9. The van der Waals surface area contributed by atoms with Gasteiger partial charge >= 0.3 is 0 Å². The Hall–Kier alpha value is -2.04. The van der Waals surface area contributed by atoms with E-state index in [1.165, 1.54) is 12.8 Å². The summed E-state index contributed by atoms with van der Waals surface area (Å²) in [5, 5.41) is 3.48. The van der Waals surface area contributed by atoms with E-state index in [4.69, 9.17) is 4.42 Å². The van der Waals surface area contributed by atoms with Gasteiger partial charge in [0, 0.05) is 26.1 Å². The smallest absolute Gasteiger partial charge is 0.255 e. The average molecular weight is 287 g/mol. The maximum Gasteiger partial charge on any atom is 0.255 e. The van der Waals surface area contributed by atoms with Crippen LogP contribution in [0.3, 0.4) is 0 Å². The highest BCUT2D eigenvalue weighted by molar-refractivity contribution is 6.06. The van der Waals surface area contributed by atoms with E-state index in [0.29, 0.717) is 17.0 Å². The minimum absolute atomic E-state index is 0.117. The fraction of sp³-hybridized carbons (Fsp3) is 0.500. The highest BCUT2D eigenvalue weighted by Crippen LogP contribution is 2.32. The Balaban J connectivity index is 2.12. The van der Waals surface area contributed by atoms with E-state index in [1.54, 1.807) is 7.05 Å². The van der Waals surface area contributed by atoms with Crippen molar-refractivity contribution in [3.8, 4) is 0 Å². The van der Waals surface area contributed by atoms with Gasteiger partial charge in [-0.2, -0.15) is 4.98 Å². The zero-order valence-corrected chi connectivity index (χ0v) is 12.8. The second-order valence-electron chi connectivity index (χ2n) is 5.79. The minimum atomic E-state index is -0.117. The third-order valence-electron chi connectivity index (χ3n) is 3.98. The number of nitrogens with one attached hydrogen (secondary N) is 1. The largest absolute Gasteiger partial charge is 0.442 e. The summed E-state index contributed by atoms with van der Waals surface area (Å²) in [7, 11) is 1.64. The molecule has 1 fully saturated rings. The number of rotatable bonds is 3. The molecule has 21 heavy (non-hydrogen) atoms. The summed E-state index contributed by atoms with van der Waals surface area (Å²) in [4.78, 5) is 19.0. The van der Waals surface area contributed by atoms with Gasteiger partial charge in [0.1, 0.15) is 11.6 Å². The fourth-order valence-corrected chi connectivity index (χ4v) is 2.87. The van der Waals surface area contributed by atoms with Crippen molar-refractivity contribution in [2.75, 3.05) is 25.0 Å². The van der Waals surface area contributed by atoms with Crippen molar-refractivity contribution < 1.29 is 9.21 Å². The SMILES string of the molecule is CNC(=O)c1c(C(C)C)oc2nc(N3CCCC3)ccc12. The number of pyridine rings is 1. The van der Waals surface area contributed by atoms with Crippen LogP contribution in [0.5, 0.6) is 0 Å². The van der Waals surface area contributed by atoms with Crippen LogP contribution in [0.15, 0.2) is 16.5 Å². The second-order valence-corrected chi connectivity index (χ2v) is 5.79. The topological polar surface area (TPSA) is 58.4 Å². The van der Waals surface area contributed by atoms with Crippen molar-refractivity contribution >= 4 is 22.8 Å². The monoisotopic (exact) mass is 287 g/mol. The van der Waals surface area contributed by atoms with Crippen LogP contribution < -0.4 is 10.2 Å². The second kappa shape index (κ2) is 5.39. The van der Waals surface area contributed by atoms with E-state index in [0.717, 1.165) is 24.3 Å². The van der Waals surface area contributed by atoms with Crippen molar-refractivity contribution in [2.24, 2.45) is 0 Å². The van der Waals surface area contributed by atoms with E-state index < -0.39 is 0 Å². The van der Waals surface area contributed by atoms with Gasteiger partial charge in [-0.1, -0.05) is 13.8 Å². The Morgan fingerprint density at radius 2 is 2.05 bits per heavy atom.